The van der Waals surface area contributed by atoms with Gasteiger partial charge in [0.25, 0.3) is 0 Å². The van der Waals surface area contributed by atoms with Gasteiger partial charge in [-0.1, -0.05) is 0 Å². The fourth-order valence-electron chi connectivity index (χ4n) is 1.92. The molecule has 1 saturated heterocycles. The van der Waals surface area contributed by atoms with E-state index in [4.69, 9.17) is 9.84 Å². The number of carboxylic acids is 1. The first-order chi connectivity index (χ1) is 8.00. The van der Waals surface area contributed by atoms with Gasteiger partial charge in [-0.15, -0.1) is 0 Å². The van der Waals surface area contributed by atoms with E-state index in [1.165, 1.54) is 0 Å². The molecule has 0 aromatic carbocycles. The normalized spacial score (nSPS) is 20.5. The molecule has 1 heterocycles. The van der Waals surface area contributed by atoms with Gasteiger partial charge in [0.05, 0.1) is 13.0 Å². The highest BCUT2D eigenvalue weighted by Gasteiger charge is 2.30. The second-order valence-electron chi connectivity index (χ2n) is 4.50. The van der Waals surface area contributed by atoms with Crippen LogP contribution >= 0.6 is 0 Å². The van der Waals surface area contributed by atoms with E-state index in [1.807, 2.05) is 19.0 Å². The lowest BCUT2D eigenvalue weighted by Crippen LogP contribution is -2.47. The smallest absolute Gasteiger partial charge is 0.410 e. The van der Waals surface area contributed by atoms with Crippen molar-refractivity contribution in [2.45, 2.75) is 25.3 Å². The van der Waals surface area contributed by atoms with Gasteiger partial charge in [-0.05, 0) is 27.1 Å². The van der Waals surface area contributed by atoms with Gasteiger partial charge < -0.3 is 19.6 Å². The van der Waals surface area contributed by atoms with E-state index in [0.717, 1.165) is 13.0 Å². The summed E-state index contributed by atoms with van der Waals surface area (Å²) in [6.07, 6.45) is 1.02. The summed E-state index contributed by atoms with van der Waals surface area (Å²) in [5.41, 5.74) is 0. The molecule has 6 nitrogen and oxygen atoms in total. The maximum atomic E-state index is 11.6. The largest absolute Gasteiger partial charge is 0.481 e. The molecule has 98 valence electrons. The van der Waals surface area contributed by atoms with E-state index >= 15 is 0 Å². The van der Waals surface area contributed by atoms with Crippen molar-refractivity contribution in [2.24, 2.45) is 0 Å². The molecular formula is C11H20N2O4. The van der Waals surface area contributed by atoms with E-state index in [9.17, 15) is 9.59 Å². The monoisotopic (exact) mass is 244 g/mol. The molecular weight excluding hydrogens is 224 g/mol. The first-order valence-corrected chi connectivity index (χ1v) is 5.80. The van der Waals surface area contributed by atoms with Crippen molar-refractivity contribution in [3.63, 3.8) is 0 Å². The quantitative estimate of drug-likeness (QED) is 0.742. The molecule has 0 aromatic heterocycles. The summed E-state index contributed by atoms with van der Waals surface area (Å²) >= 11 is 0. The Morgan fingerprint density at radius 3 is 2.88 bits per heavy atom. The van der Waals surface area contributed by atoms with Crippen LogP contribution in [-0.4, -0.2) is 66.8 Å². The third-order valence-corrected chi connectivity index (χ3v) is 2.77. The number of nitrogens with zero attached hydrogens (tertiary/aromatic N) is 2. The average molecular weight is 244 g/mol. The van der Waals surface area contributed by atoms with Gasteiger partial charge in [0.1, 0.15) is 0 Å². The Kier molecular flexibility index (Phi) is 5.21. The Bertz CT molecular complexity index is 281. The Labute approximate surface area is 101 Å². The van der Waals surface area contributed by atoms with Crippen LogP contribution in [0.1, 0.15) is 19.3 Å². The molecule has 1 amide bonds. The van der Waals surface area contributed by atoms with Crippen LogP contribution in [0, 0.1) is 0 Å². The second kappa shape index (κ2) is 6.44. The summed E-state index contributed by atoms with van der Waals surface area (Å²) in [6.45, 7) is 1.74. The average Bonchev–Trinajstić information content (AvgIpc) is 2.21. The Morgan fingerprint density at radius 1 is 1.59 bits per heavy atom. The topological polar surface area (TPSA) is 70.1 Å². The summed E-state index contributed by atoms with van der Waals surface area (Å²) in [5, 5.41) is 8.80. The second-order valence-corrected chi connectivity index (χ2v) is 4.50. The van der Waals surface area contributed by atoms with Crippen molar-refractivity contribution in [3.8, 4) is 0 Å². The van der Waals surface area contributed by atoms with Crippen LogP contribution in [0.25, 0.3) is 0 Å². The van der Waals surface area contributed by atoms with E-state index in [2.05, 4.69) is 0 Å². The fraction of sp³-hybridized carbons (Fsp3) is 0.818. The van der Waals surface area contributed by atoms with Crippen LogP contribution in [0.15, 0.2) is 0 Å². The zero-order valence-corrected chi connectivity index (χ0v) is 10.4. The zero-order valence-electron chi connectivity index (χ0n) is 10.4. The van der Waals surface area contributed by atoms with Gasteiger partial charge in [0.2, 0.25) is 0 Å². The van der Waals surface area contributed by atoms with E-state index < -0.39 is 5.97 Å². The molecule has 1 aliphatic rings. The standard InChI is InChI=1S/C11H20N2O4/c1-12(2)5-3-6-13-9(8-10(14)15)4-7-17-11(13)16/h9H,3-8H2,1-2H3,(H,14,15). The molecule has 0 saturated carbocycles. The molecule has 0 bridgehead atoms. The number of hydrogen-bond donors (Lipinski definition) is 1. The van der Waals surface area contributed by atoms with Gasteiger partial charge in [0, 0.05) is 19.0 Å². The van der Waals surface area contributed by atoms with Crippen LogP contribution in [0.3, 0.4) is 0 Å². The van der Waals surface area contributed by atoms with Gasteiger partial charge in [-0.25, -0.2) is 4.79 Å². The summed E-state index contributed by atoms with van der Waals surface area (Å²) in [4.78, 5) is 25.8. The summed E-state index contributed by atoms with van der Waals surface area (Å²) in [6, 6.07) is -0.226. The summed E-state index contributed by atoms with van der Waals surface area (Å²) < 4.78 is 4.94. The number of cyclic esters (lactones) is 1. The first-order valence-electron chi connectivity index (χ1n) is 5.80. The molecule has 17 heavy (non-hydrogen) atoms. The fourth-order valence-corrected chi connectivity index (χ4v) is 1.92. The summed E-state index contributed by atoms with van der Waals surface area (Å²) in [5.74, 6) is -0.873. The highest BCUT2D eigenvalue weighted by atomic mass is 16.6. The number of carbonyl (C=O) groups is 2. The highest BCUT2D eigenvalue weighted by Crippen LogP contribution is 2.17. The van der Waals surface area contributed by atoms with Crippen molar-refractivity contribution < 1.29 is 19.4 Å². The molecule has 1 unspecified atom stereocenters. The maximum absolute atomic E-state index is 11.6. The molecule has 1 rings (SSSR count). The number of hydrogen-bond acceptors (Lipinski definition) is 4. The maximum Gasteiger partial charge on any atom is 0.410 e. The van der Waals surface area contributed by atoms with Crippen molar-refractivity contribution in [1.82, 2.24) is 9.80 Å². The Hall–Kier alpha value is -1.30. The Morgan fingerprint density at radius 2 is 2.29 bits per heavy atom. The van der Waals surface area contributed by atoms with Gasteiger partial charge in [-0.3, -0.25) is 4.79 Å². The summed E-state index contributed by atoms with van der Waals surface area (Å²) in [7, 11) is 3.92. The SMILES string of the molecule is CN(C)CCCN1C(=O)OCCC1CC(=O)O. The predicted octanol–water partition coefficient (Wildman–Crippen LogP) is 0.624. The van der Waals surface area contributed by atoms with E-state index in [-0.39, 0.29) is 18.6 Å². The van der Waals surface area contributed by atoms with Gasteiger partial charge in [-0.2, -0.15) is 0 Å². The van der Waals surface area contributed by atoms with E-state index in [1.54, 1.807) is 4.90 Å². The first kappa shape index (κ1) is 13.8. The van der Waals surface area contributed by atoms with Crippen molar-refractivity contribution in [1.29, 1.82) is 0 Å². The molecule has 0 aliphatic carbocycles. The minimum Gasteiger partial charge on any atom is -0.481 e. The minimum atomic E-state index is -0.873. The molecule has 0 aromatic rings. The number of ether oxygens (including phenoxy) is 1. The van der Waals surface area contributed by atoms with Crippen molar-refractivity contribution in [2.75, 3.05) is 33.8 Å². The zero-order chi connectivity index (χ0) is 12.8. The van der Waals surface area contributed by atoms with E-state index in [0.29, 0.717) is 19.6 Å². The predicted molar refractivity (Wildman–Crippen MR) is 61.9 cm³/mol. The molecule has 0 spiro atoms. The third kappa shape index (κ3) is 4.60. The number of aliphatic carboxylic acids is 1. The van der Waals surface area contributed by atoms with Crippen molar-refractivity contribution in [3.05, 3.63) is 0 Å². The molecule has 1 fully saturated rings. The minimum absolute atomic E-state index is 0.00291. The lowest BCUT2D eigenvalue weighted by atomic mass is 10.1. The molecule has 1 atom stereocenters. The highest BCUT2D eigenvalue weighted by molar-refractivity contribution is 5.72. The lowest BCUT2D eigenvalue weighted by Gasteiger charge is -2.34. The number of amides is 1. The number of carbonyl (C=O) groups excluding carboxylic acids is 1. The Balaban J connectivity index is 2.48. The van der Waals surface area contributed by atoms with Crippen LogP contribution in [0.5, 0.6) is 0 Å². The molecule has 1 N–H and O–H groups in total. The molecule has 6 heteroatoms. The molecule has 0 radical (unpaired) electrons. The van der Waals surface area contributed by atoms with Crippen molar-refractivity contribution >= 4 is 12.1 Å². The van der Waals surface area contributed by atoms with Gasteiger partial charge >= 0.3 is 12.1 Å². The van der Waals surface area contributed by atoms with Crippen LogP contribution < -0.4 is 0 Å². The van der Waals surface area contributed by atoms with Gasteiger partial charge in [0.15, 0.2) is 0 Å². The number of rotatable bonds is 6. The number of carboxylic acid groups (broad SMARTS) is 1. The third-order valence-electron chi connectivity index (χ3n) is 2.77. The lowest BCUT2D eigenvalue weighted by molar-refractivity contribution is -0.138. The van der Waals surface area contributed by atoms with Crippen LogP contribution in [0.4, 0.5) is 4.79 Å². The molecule has 1 aliphatic heterocycles. The van der Waals surface area contributed by atoms with Crippen LogP contribution in [-0.2, 0) is 9.53 Å². The van der Waals surface area contributed by atoms with Crippen LogP contribution in [0.2, 0.25) is 0 Å².